The molecule has 0 aromatic carbocycles. The molecule has 0 spiro atoms. The number of imidazole rings is 1. The molecule has 0 bridgehead atoms. The molecular weight excluding hydrogens is 228 g/mol. The molecule has 100 valence electrons. The highest BCUT2D eigenvalue weighted by molar-refractivity contribution is 5.92. The Morgan fingerprint density at radius 1 is 1.61 bits per heavy atom. The number of hydrogen-bond donors (Lipinski definition) is 2. The van der Waals surface area contributed by atoms with E-state index in [0.717, 1.165) is 31.6 Å². The summed E-state index contributed by atoms with van der Waals surface area (Å²) in [5, 5.41) is 3.09. The van der Waals surface area contributed by atoms with Crippen molar-refractivity contribution < 1.29 is 4.79 Å². The minimum absolute atomic E-state index is 0.115. The van der Waals surface area contributed by atoms with Crippen LogP contribution in [0.5, 0.6) is 0 Å². The van der Waals surface area contributed by atoms with Crippen LogP contribution in [-0.4, -0.2) is 27.5 Å². The van der Waals surface area contributed by atoms with E-state index in [4.69, 9.17) is 5.73 Å². The second-order valence-corrected chi connectivity index (χ2v) is 5.55. The lowest BCUT2D eigenvalue weighted by Crippen LogP contribution is -2.55. The minimum atomic E-state index is -0.235. The van der Waals surface area contributed by atoms with E-state index in [-0.39, 0.29) is 11.4 Å². The Hall–Kier alpha value is -1.36. The van der Waals surface area contributed by atoms with Gasteiger partial charge >= 0.3 is 0 Å². The first kappa shape index (κ1) is 13.1. The van der Waals surface area contributed by atoms with Crippen LogP contribution in [0.2, 0.25) is 0 Å². The Morgan fingerprint density at radius 3 is 2.78 bits per heavy atom. The summed E-state index contributed by atoms with van der Waals surface area (Å²) in [6.45, 7) is 2.75. The molecule has 0 atom stereocenters. The summed E-state index contributed by atoms with van der Waals surface area (Å²) in [4.78, 5) is 16.2. The Bertz CT molecular complexity index is 418. The van der Waals surface area contributed by atoms with Gasteiger partial charge in [0.15, 0.2) is 0 Å². The average Bonchev–Trinajstić information content (AvgIpc) is 2.79. The quantitative estimate of drug-likeness (QED) is 0.842. The predicted octanol–water partition coefficient (Wildman–Crippen LogP) is 1.06. The van der Waals surface area contributed by atoms with Gasteiger partial charge in [0.05, 0.1) is 11.9 Å². The third-order valence-electron chi connectivity index (χ3n) is 3.94. The fourth-order valence-electron chi connectivity index (χ4n) is 2.53. The van der Waals surface area contributed by atoms with Crippen molar-refractivity contribution >= 4 is 5.91 Å². The molecule has 1 heterocycles. The number of nitrogens with two attached hydrogens (primary N) is 1. The first-order valence-electron chi connectivity index (χ1n) is 6.55. The van der Waals surface area contributed by atoms with Crippen molar-refractivity contribution in [3.05, 3.63) is 18.2 Å². The molecule has 1 aromatic heterocycles. The molecule has 0 aliphatic heterocycles. The zero-order valence-electron chi connectivity index (χ0n) is 11.1. The summed E-state index contributed by atoms with van der Waals surface area (Å²) in [6, 6.07) is 0. The molecule has 2 rings (SSSR count). The van der Waals surface area contributed by atoms with Crippen LogP contribution in [0.25, 0.3) is 0 Å². The summed E-state index contributed by atoms with van der Waals surface area (Å²) < 4.78 is 1.77. The molecule has 0 saturated heterocycles. The van der Waals surface area contributed by atoms with Crippen LogP contribution in [0, 0.1) is 5.92 Å². The highest BCUT2D eigenvalue weighted by Crippen LogP contribution is 2.31. The van der Waals surface area contributed by atoms with Gasteiger partial charge in [-0.1, -0.05) is 6.92 Å². The van der Waals surface area contributed by atoms with Crippen LogP contribution in [-0.2, 0) is 7.05 Å². The van der Waals surface area contributed by atoms with Crippen LogP contribution in [0.4, 0.5) is 0 Å². The minimum Gasteiger partial charge on any atom is -0.344 e. The van der Waals surface area contributed by atoms with Gasteiger partial charge in [-0.2, -0.15) is 0 Å². The fourth-order valence-corrected chi connectivity index (χ4v) is 2.53. The smallest absolute Gasteiger partial charge is 0.271 e. The molecule has 1 saturated carbocycles. The van der Waals surface area contributed by atoms with E-state index in [1.165, 1.54) is 0 Å². The van der Waals surface area contributed by atoms with E-state index in [2.05, 4.69) is 17.2 Å². The number of hydrogen-bond acceptors (Lipinski definition) is 3. The molecule has 1 aliphatic rings. The lowest BCUT2D eigenvalue weighted by molar-refractivity contribution is 0.0855. The summed E-state index contributed by atoms with van der Waals surface area (Å²) in [7, 11) is 1.85. The van der Waals surface area contributed by atoms with Crippen molar-refractivity contribution in [3.8, 4) is 0 Å². The second-order valence-electron chi connectivity index (χ2n) is 5.55. The number of aryl methyl sites for hydroxylation is 1. The van der Waals surface area contributed by atoms with Gasteiger partial charge in [-0.15, -0.1) is 0 Å². The van der Waals surface area contributed by atoms with Gasteiger partial charge in [0.2, 0.25) is 0 Å². The normalized spacial score (nSPS) is 28.1. The molecule has 0 unspecified atom stereocenters. The Kier molecular flexibility index (Phi) is 3.71. The number of rotatable bonds is 3. The van der Waals surface area contributed by atoms with Crippen molar-refractivity contribution in [2.75, 3.05) is 6.54 Å². The Balaban J connectivity index is 2.04. The van der Waals surface area contributed by atoms with E-state index in [0.29, 0.717) is 12.2 Å². The number of nitrogens with one attached hydrogen (secondary N) is 1. The van der Waals surface area contributed by atoms with E-state index >= 15 is 0 Å². The van der Waals surface area contributed by atoms with E-state index in [9.17, 15) is 4.79 Å². The van der Waals surface area contributed by atoms with E-state index < -0.39 is 0 Å². The Morgan fingerprint density at radius 2 is 2.28 bits per heavy atom. The van der Waals surface area contributed by atoms with Crippen LogP contribution in [0.15, 0.2) is 12.5 Å². The van der Waals surface area contributed by atoms with Gasteiger partial charge in [0.1, 0.15) is 5.69 Å². The predicted molar refractivity (Wildman–Crippen MR) is 70.1 cm³/mol. The van der Waals surface area contributed by atoms with Crippen molar-refractivity contribution in [3.63, 3.8) is 0 Å². The average molecular weight is 250 g/mol. The molecule has 1 aromatic rings. The third-order valence-corrected chi connectivity index (χ3v) is 3.94. The van der Waals surface area contributed by atoms with Crippen LogP contribution in [0.3, 0.4) is 0 Å². The number of carbonyl (C=O) groups is 1. The van der Waals surface area contributed by atoms with Gasteiger partial charge in [-0.3, -0.25) is 4.79 Å². The molecule has 1 amide bonds. The highest BCUT2D eigenvalue weighted by atomic mass is 16.2. The lowest BCUT2D eigenvalue weighted by atomic mass is 9.77. The largest absolute Gasteiger partial charge is 0.344 e. The van der Waals surface area contributed by atoms with Crippen molar-refractivity contribution in [1.82, 2.24) is 14.9 Å². The third kappa shape index (κ3) is 2.72. The molecule has 18 heavy (non-hydrogen) atoms. The second kappa shape index (κ2) is 5.10. The zero-order chi connectivity index (χ0) is 13.2. The maximum Gasteiger partial charge on any atom is 0.271 e. The van der Waals surface area contributed by atoms with Gasteiger partial charge < -0.3 is 15.6 Å². The lowest BCUT2D eigenvalue weighted by Gasteiger charge is -2.39. The fraction of sp³-hybridized carbons (Fsp3) is 0.692. The number of aromatic nitrogens is 2. The van der Waals surface area contributed by atoms with Crippen molar-refractivity contribution in [2.24, 2.45) is 18.7 Å². The Labute approximate surface area is 108 Å². The molecular formula is C13H22N4O. The summed E-state index contributed by atoms with van der Waals surface area (Å²) in [5.74, 6) is 0.618. The molecule has 5 nitrogen and oxygen atoms in total. The van der Waals surface area contributed by atoms with Crippen LogP contribution in [0.1, 0.15) is 43.1 Å². The van der Waals surface area contributed by atoms with Gasteiger partial charge in [0, 0.05) is 19.8 Å². The summed E-state index contributed by atoms with van der Waals surface area (Å²) >= 11 is 0. The van der Waals surface area contributed by atoms with Crippen molar-refractivity contribution in [1.29, 1.82) is 0 Å². The first-order chi connectivity index (χ1) is 8.54. The highest BCUT2D eigenvalue weighted by Gasteiger charge is 2.34. The zero-order valence-corrected chi connectivity index (χ0v) is 11.1. The monoisotopic (exact) mass is 250 g/mol. The number of amides is 1. The summed E-state index contributed by atoms with van der Waals surface area (Å²) in [5.41, 5.74) is 6.10. The molecule has 0 radical (unpaired) electrons. The number of nitrogens with zero attached hydrogens (tertiary/aromatic N) is 2. The van der Waals surface area contributed by atoms with Gasteiger partial charge in [-0.25, -0.2) is 4.98 Å². The number of carbonyl (C=O) groups excluding carboxylic acids is 1. The molecule has 5 heteroatoms. The first-order valence-corrected chi connectivity index (χ1v) is 6.55. The molecule has 1 aliphatic carbocycles. The maximum absolute atomic E-state index is 12.1. The van der Waals surface area contributed by atoms with E-state index in [1.807, 2.05) is 7.05 Å². The standard InChI is InChI=1S/C13H22N4O/c1-10-3-5-13(8-14,6-4-10)16-12(18)11-7-17(2)9-15-11/h7,9-10H,3-6,8,14H2,1-2H3,(H,16,18). The van der Waals surface area contributed by atoms with Gasteiger partial charge in [-0.05, 0) is 31.6 Å². The van der Waals surface area contributed by atoms with Crippen LogP contribution >= 0.6 is 0 Å². The molecule has 3 N–H and O–H groups in total. The van der Waals surface area contributed by atoms with Gasteiger partial charge in [0.25, 0.3) is 5.91 Å². The van der Waals surface area contributed by atoms with Crippen molar-refractivity contribution in [2.45, 2.75) is 38.1 Å². The van der Waals surface area contributed by atoms with E-state index in [1.54, 1.807) is 17.1 Å². The maximum atomic E-state index is 12.1. The summed E-state index contributed by atoms with van der Waals surface area (Å²) in [6.07, 6.45) is 7.53. The topological polar surface area (TPSA) is 72.9 Å². The molecule has 1 fully saturated rings. The van der Waals surface area contributed by atoms with Crippen LogP contribution < -0.4 is 11.1 Å². The SMILES string of the molecule is CC1CCC(CN)(NC(=O)c2cn(C)cn2)CC1.